The van der Waals surface area contributed by atoms with E-state index in [2.05, 4.69) is 4.90 Å². The summed E-state index contributed by atoms with van der Waals surface area (Å²) in [6, 6.07) is 10.3. The Kier molecular flexibility index (Phi) is 3.72. The second kappa shape index (κ2) is 5.51. The minimum atomic E-state index is -0.545. The molecule has 1 unspecified atom stereocenters. The molecule has 20 heavy (non-hydrogen) atoms. The third-order valence-electron chi connectivity index (χ3n) is 3.66. The molecule has 1 fully saturated rings. The van der Waals surface area contributed by atoms with Crippen molar-refractivity contribution in [3.63, 3.8) is 0 Å². The van der Waals surface area contributed by atoms with E-state index in [1.165, 1.54) is 12.8 Å². The Morgan fingerprint density at radius 3 is 2.75 bits per heavy atom. The maximum atomic E-state index is 9.65. The largest absolute Gasteiger partial charge is 0.467 e. The summed E-state index contributed by atoms with van der Waals surface area (Å²) in [4.78, 5) is 2.32. The molecule has 4 heteroatoms. The van der Waals surface area contributed by atoms with E-state index in [0.29, 0.717) is 11.1 Å². The van der Waals surface area contributed by atoms with Gasteiger partial charge in [-0.05, 0) is 49.6 Å². The lowest BCUT2D eigenvalue weighted by molar-refractivity contribution is 0.199. The number of hydrogen-bond acceptors (Lipinski definition) is 3. The minimum Gasteiger partial charge on any atom is -0.467 e. The fourth-order valence-corrected chi connectivity index (χ4v) is 2.75. The van der Waals surface area contributed by atoms with Crippen molar-refractivity contribution in [1.82, 2.24) is 0 Å². The fourth-order valence-electron chi connectivity index (χ4n) is 2.42. The van der Waals surface area contributed by atoms with Gasteiger partial charge in [0, 0.05) is 16.8 Å². The molecule has 1 atom stereocenters. The molecule has 1 saturated carbocycles. The maximum Gasteiger partial charge on any atom is 0.123 e. The van der Waals surface area contributed by atoms with Crippen LogP contribution in [0, 0.1) is 0 Å². The third-order valence-corrected chi connectivity index (χ3v) is 3.99. The average molecular weight is 292 g/mol. The van der Waals surface area contributed by atoms with E-state index < -0.39 is 6.10 Å². The summed E-state index contributed by atoms with van der Waals surface area (Å²) in [7, 11) is 0. The first-order chi connectivity index (χ1) is 9.65. The highest BCUT2D eigenvalue weighted by molar-refractivity contribution is 6.31. The number of rotatable bonds is 5. The molecule has 1 aliphatic carbocycles. The Balaban J connectivity index is 1.86. The van der Waals surface area contributed by atoms with Crippen molar-refractivity contribution in [3.05, 3.63) is 52.9 Å². The SMILES string of the molecule is CC(O)c1ccc(N(Cc2ccco2)C2CC2)cc1Cl. The van der Waals surface area contributed by atoms with E-state index in [9.17, 15) is 5.11 Å². The van der Waals surface area contributed by atoms with Crippen molar-refractivity contribution < 1.29 is 9.52 Å². The van der Waals surface area contributed by atoms with Crippen LogP contribution in [0.1, 0.15) is 37.2 Å². The molecule has 106 valence electrons. The summed E-state index contributed by atoms with van der Waals surface area (Å²) < 4.78 is 5.44. The molecule has 3 nitrogen and oxygen atoms in total. The summed E-state index contributed by atoms with van der Waals surface area (Å²) in [6.07, 6.45) is 3.56. The Bertz CT molecular complexity index is 576. The molecule has 0 amide bonds. The maximum absolute atomic E-state index is 9.65. The van der Waals surface area contributed by atoms with Crippen LogP contribution < -0.4 is 4.90 Å². The molecule has 0 saturated heterocycles. The third kappa shape index (κ3) is 2.84. The van der Waals surface area contributed by atoms with Crippen molar-refractivity contribution in [3.8, 4) is 0 Å². The van der Waals surface area contributed by atoms with Crippen LogP contribution in [0.15, 0.2) is 41.0 Å². The van der Waals surface area contributed by atoms with Gasteiger partial charge in [0.2, 0.25) is 0 Å². The molecule has 1 aromatic heterocycles. The predicted octanol–water partition coefficient (Wildman–Crippen LogP) is 4.16. The number of aliphatic hydroxyl groups excluding tert-OH is 1. The predicted molar refractivity (Wildman–Crippen MR) is 80.0 cm³/mol. The van der Waals surface area contributed by atoms with Crippen LogP contribution in [0.5, 0.6) is 0 Å². The van der Waals surface area contributed by atoms with Gasteiger partial charge in [-0.2, -0.15) is 0 Å². The number of halogens is 1. The number of furan rings is 1. The summed E-state index contributed by atoms with van der Waals surface area (Å²) >= 11 is 6.27. The number of nitrogens with zero attached hydrogens (tertiary/aromatic N) is 1. The van der Waals surface area contributed by atoms with Crippen LogP contribution in [-0.2, 0) is 6.54 Å². The number of anilines is 1. The molecule has 3 rings (SSSR count). The van der Waals surface area contributed by atoms with Crippen LogP contribution >= 0.6 is 11.6 Å². The van der Waals surface area contributed by atoms with Crippen molar-refractivity contribution in [2.24, 2.45) is 0 Å². The van der Waals surface area contributed by atoms with Gasteiger partial charge in [-0.25, -0.2) is 0 Å². The Morgan fingerprint density at radius 2 is 2.20 bits per heavy atom. The lowest BCUT2D eigenvalue weighted by Crippen LogP contribution is -2.24. The van der Waals surface area contributed by atoms with Crippen molar-refractivity contribution in [2.75, 3.05) is 4.90 Å². The Morgan fingerprint density at radius 1 is 1.40 bits per heavy atom. The van der Waals surface area contributed by atoms with E-state index in [1.54, 1.807) is 13.2 Å². The van der Waals surface area contributed by atoms with E-state index >= 15 is 0 Å². The molecule has 2 aromatic rings. The first-order valence-electron chi connectivity index (χ1n) is 6.91. The first kappa shape index (κ1) is 13.5. The van der Waals surface area contributed by atoms with Gasteiger partial charge >= 0.3 is 0 Å². The molecule has 1 heterocycles. The highest BCUT2D eigenvalue weighted by atomic mass is 35.5. The van der Waals surface area contributed by atoms with Gasteiger partial charge in [0.1, 0.15) is 5.76 Å². The molecular formula is C16H18ClNO2. The van der Waals surface area contributed by atoms with Crippen LogP contribution in [0.2, 0.25) is 5.02 Å². The highest BCUT2D eigenvalue weighted by Gasteiger charge is 2.30. The van der Waals surface area contributed by atoms with Gasteiger partial charge in [-0.15, -0.1) is 0 Å². The van der Waals surface area contributed by atoms with Gasteiger partial charge in [-0.1, -0.05) is 17.7 Å². The van der Waals surface area contributed by atoms with Gasteiger partial charge in [-0.3, -0.25) is 0 Å². The topological polar surface area (TPSA) is 36.6 Å². The zero-order valence-corrected chi connectivity index (χ0v) is 12.2. The van der Waals surface area contributed by atoms with Crippen LogP contribution in [0.3, 0.4) is 0 Å². The Labute approximate surface area is 123 Å². The van der Waals surface area contributed by atoms with Crippen molar-refractivity contribution in [1.29, 1.82) is 0 Å². The average Bonchev–Trinajstić information content (AvgIpc) is 3.12. The van der Waals surface area contributed by atoms with E-state index in [4.69, 9.17) is 16.0 Å². The van der Waals surface area contributed by atoms with Crippen molar-refractivity contribution in [2.45, 2.75) is 38.5 Å². The van der Waals surface area contributed by atoms with Gasteiger partial charge < -0.3 is 14.4 Å². The second-order valence-corrected chi connectivity index (χ2v) is 5.73. The smallest absolute Gasteiger partial charge is 0.123 e. The quantitative estimate of drug-likeness (QED) is 0.899. The molecule has 1 aliphatic rings. The lowest BCUT2D eigenvalue weighted by Gasteiger charge is -2.24. The van der Waals surface area contributed by atoms with E-state index in [1.807, 2.05) is 30.3 Å². The molecule has 0 radical (unpaired) electrons. The highest BCUT2D eigenvalue weighted by Crippen LogP contribution is 2.36. The lowest BCUT2D eigenvalue weighted by atomic mass is 10.1. The minimum absolute atomic E-state index is 0.545. The summed E-state index contributed by atoms with van der Waals surface area (Å²) in [6.45, 7) is 2.48. The Hall–Kier alpha value is -1.45. The standard InChI is InChI=1S/C16H18ClNO2/c1-11(19)15-7-6-13(9-16(15)17)18(12-4-5-12)10-14-3-2-8-20-14/h2-3,6-9,11-12,19H,4-5,10H2,1H3. The fraction of sp³-hybridized carbons (Fsp3) is 0.375. The van der Waals surface area contributed by atoms with Gasteiger partial charge in [0.15, 0.2) is 0 Å². The molecule has 0 bridgehead atoms. The van der Waals surface area contributed by atoms with Crippen LogP contribution in [0.25, 0.3) is 0 Å². The van der Waals surface area contributed by atoms with Gasteiger partial charge in [0.25, 0.3) is 0 Å². The molecule has 0 aliphatic heterocycles. The molecule has 1 aromatic carbocycles. The number of benzene rings is 1. The first-order valence-corrected chi connectivity index (χ1v) is 7.29. The monoisotopic (exact) mass is 291 g/mol. The number of aliphatic hydroxyl groups is 1. The zero-order chi connectivity index (χ0) is 14.1. The number of hydrogen-bond donors (Lipinski definition) is 1. The van der Waals surface area contributed by atoms with E-state index in [-0.39, 0.29) is 0 Å². The van der Waals surface area contributed by atoms with Crippen LogP contribution in [-0.4, -0.2) is 11.1 Å². The van der Waals surface area contributed by atoms with E-state index in [0.717, 1.165) is 23.6 Å². The van der Waals surface area contributed by atoms with Crippen LogP contribution in [0.4, 0.5) is 5.69 Å². The summed E-state index contributed by atoms with van der Waals surface area (Å²) in [5.41, 5.74) is 1.85. The normalized spacial score (nSPS) is 16.1. The summed E-state index contributed by atoms with van der Waals surface area (Å²) in [5.74, 6) is 0.952. The van der Waals surface area contributed by atoms with Gasteiger partial charge in [0.05, 0.1) is 18.9 Å². The molecule has 1 N–H and O–H groups in total. The van der Waals surface area contributed by atoms with Crippen molar-refractivity contribution >= 4 is 17.3 Å². The second-order valence-electron chi connectivity index (χ2n) is 5.32. The zero-order valence-electron chi connectivity index (χ0n) is 11.4. The molecule has 0 spiro atoms. The summed E-state index contributed by atoms with van der Waals surface area (Å²) in [5, 5.41) is 10.3. The molecular weight excluding hydrogens is 274 g/mol.